The standard InChI is InChI=1S/C19H24Cl2N2O2/c1-15-7-3-4-8-16(15)13-22-10-5-9-17(22)14-23(11-6-12-25-2)19(24)18(20)21/h3-5,7-10,18H,6,11-14H2,1-2H3. The van der Waals surface area contributed by atoms with Crippen LogP contribution in [0.1, 0.15) is 23.2 Å². The highest BCUT2D eigenvalue weighted by atomic mass is 35.5. The molecule has 0 N–H and O–H groups in total. The third kappa shape index (κ3) is 5.77. The molecule has 0 saturated carbocycles. The number of hydrogen-bond donors (Lipinski definition) is 0. The maximum absolute atomic E-state index is 12.3. The Morgan fingerprint density at radius 2 is 2.00 bits per heavy atom. The summed E-state index contributed by atoms with van der Waals surface area (Å²) in [6, 6.07) is 12.3. The Labute approximate surface area is 159 Å². The minimum atomic E-state index is -1.05. The summed E-state index contributed by atoms with van der Waals surface area (Å²) in [5.41, 5.74) is 3.55. The number of ether oxygens (including phenoxy) is 1. The molecule has 1 amide bonds. The fraction of sp³-hybridized carbons (Fsp3) is 0.421. The minimum Gasteiger partial charge on any atom is -0.385 e. The molecule has 0 bridgehead atoms. The van der Waals surface area contributed by atoms with Crippen LogP contribution in [0.2, 0.25) is 0 Å². The second-order valence-corrected chi connectivity index (χ2v) is 7.06. The number of amides is 1. The van der Waals surface area contributed by atoms with Crippen LogP contribution in [0, 0.1) is 6.92 Å². The van der Waals surface area contributed by atoms with Gasteiger partial charge in [-0.15, -0.1) is 0 Å². The zero-order valence-corrected chi connectivity index (χ0v) is 16.1. The Hall–Kier alpha value is -1.49. The Balaban J connectivity index is 2.12. The summed E-state index contributed by atoms with van der Waals surface area (Å²) in [6.45, 7) is 4.48. The fourth-order valence-electron chi connectivity index (χ4n) is 2.72. The van der Waals surface area contributed by atoms with E-state index < -0.39 is 4.84 Å². The van der Waals surface area contributed by atoms with Gasteiger partial charge in [-0.05, 0) is 36.6 Å². The number of aromatic nitrogens is 1. The minimum absolute atomic E-state index is 0.275. The monoisotopic (exact) mass is 382 g/mol. The molecule has 0 aliphatic heterocycles. The number of rotatable bonds is 9. The molecule has 2 rings (SSSR count). The summed E-state index contributed by atoms with van der Waals surface area (Å²) in [4.78, 5) is 12.9. The normalized spacial score (nSPS) is 11.1. The van der Waals surface area contributed by atoms with E-state index >= 15 is 0 Å². The molecule has 1 aromatic carbocycles. The molecule has 6 heteroatoms. The maximum atomic E-state index is 12.3. The number of aryl methyl sites for hydroxylation is 1. The lowest BCUT2D eigenvalue weighted by atomic mass is 10.1. The van der Waals surface area contributed by atoms with Crippen molar-refractivity contribution in [3.05, 3.63) is 59.4 Å². The summed E-state index contributed by atoms with van der Waals surface area (Å²) in [7, 11) is 1.64. The van der Waals surface area contributed by atoms with Gasteiger partial charge in [0.2, 0.25) is 0 Å². The van der Waals surface area contributed by atoms with Crippen molar-refractivity contribution >= 4 is 29.1 Å². The molecule has 0 saturated heterocycles. The van der Waals surface area contributed by atoms with Crippen molar-refractivity contribution in [2.24, 2.45) is 0 Å². The lowest BCUT2D eigenvalue weighted by Crippen LogP contribution is -2.36. The zero-order valence-electron chi connectivity index (χ0n) is 14.6. The number of halogens is 2. The van der Waals surface area contributed by atoms with Gasteiger partial charge in [-0.25, -0.2) is 0 Å². The van der Waals surface area contributed by atoms with Crippen molar-refractivity contribution in [1.29, 1.82) is 0 Å². The number of alkyl halides is 2. The third-order valence-corrected chi connectivity index (χ3v) is 4.53. The SMILES string of the molecule is COCCCN(Cc1cccn1Cc1ccccc1C)C(=O)C(Cl)Cl. The van der Waals surface area contributed by atoms with E-state index in [4.69, 9.17) is 27.9 Å². The third-order valence-electron chi connectivity index (χ3n) is 4.15. The molecule has 136 valence electrons. The molecule has 0 fully saturated rings. The van der Waals surface area contributed by atoms with Crippen LogP contribution in [0.4, 0.5) is 0 Å². The molecule has 0 atom stereocenters. The first kappa shape index (κ1) is 19.8. The van der Waals surface area contributed by atoms with Crippen molar-refractivity contribution in [1.82, 2.24) is 9.47 Å². The first-order chi connectivity index (χ1) is 12.0. The van der Waals surface area contributed by atoms with E-state index in [-0.39, 0.29) is 5.91 Å². The summed E-state index contributed by atoms with van der Waals surface area (Å²) in [5.74, 6) is -0.275. The zero-order chi connectivity index (χ0) is 18.2. The number of nitrogens with zero attached hydrogens (tertiary/aromatic N) is 2. The molecular formula is C19H24Cl2N2O2. The van der Waals surface area contributed by atoms with Gasteiger partial charge in [0.25, 0.3) is 5.91 Å². The number of methoxy groups -OCH3 is 1. The average Bonchev–Trinajstić information content (AvgIpc) is 3.02. The van der Waals surface area contributed by atoms with Crippen molar-refractivity contribution in [2.75, 3.05) is 20.3 Å². The largest absolute Gasteiger partial charge is 0.385 e. The van der Waals surface area contributed by atoms with Crippen LogP contribution in [0.3, 0.4) is 0 Å². The predicted molar refractivity (Wildman–Crippen MR) is 102 cm³/mol. The molecule has 25 heavy (non-hydrogen) atoms. The topological polar surface area (TPSA) is 34.5 Å². The maximum Gasteiger partial charge on any atom is 0.256 e. The summed E-state index contributed by atoms with van der Waals surface area (Å²) >= 11 is 11.6. The van der Waals surface area contributed by atoms with Crippen molar-refractivity contribution in [2.45, 2.75) is 31.3 Å². The van der Waals surface area contributed by atoms with Gasteiger partial charge in [0, 0.05) is 38.7 Å². The van der Waals surface area contributed by atoms with Gasteiger partial charge in [-0.2, -0.15) is 0 Å². The summed E-state index contributed by atoms with van der Waals surface area (Å²) in [6.07, 6.45) is 2.76. The Kier molecular flexibility index (Phi) is 7.82. The van der Waals surface area contributed by atoms with Gasteiger partial charge in [0.15, 0.2) is 4.84 Å². The van der Waals surface area contributed by atoms with Crippen LogP contribution in [0.15, 0.2) is 42.6 Å². The van der Waals surface area contributed by atoms with Crippen molar-refractivity contribution in [3.63, 3.8) is 0 Å². The van der Waals surface area contributed by atoms with Crippen LogP contribution in [0.5, 0.6) is 0 Å². The van der Waals surface area contributed by atoms with E-state index in [1.807, 2.05) is 30.5 Å². The van der Waals surface area contributed by atoms with Crippen LogP contribution in [0.25, 0.3) is 0 Å². The van der Waals surface area contributed by atoms with E-state index in [9.17, 15) is 4.79 Å². The van der Waals surface area contributed by atoms with Crippen LogP contribution < -0.4 is 0 Å². The number of hydrogen-bond acceptors (Lipinski definition) is 2. The molecule has 0 aliphatic carbocycles. The van der Waals surface area contributed by atoms with E-state index in [1.54, 1.807) is 12.0 Å². The predicted octanol–water partition coefficient (Wildman–Crippen LogP) is 4.01. The lowest BCUT2D eigenvalue weighted by Gasteiger charge is -2.24. The average molecular weight is 383 g/mol. The summed E-state index contributed by atoms with van der Waals surface area (Å²) in [5, 5.41) is 0. The molecular weight excluding hydrogens is 359 g/mol. The van der Waals surface area contributed by atoms with Crippen molar-refractivity contribution in [3.8, 4) is 0 Å². The van der Waals surface area contributed by atoms with E-state index in [0.717, 1.165) is 18.7 Å². The van der Waals surface area contributed by atoms with Gasteiger partial charge < -0.3 is 14.2 Å². The number of carbonyl (C=O) groups excluding carboxylic acids is 1. The van der Waals surface area contributed by atoms with Crippen molar-refractivity contribution < 1.29 is 9.53 Å². The lowest BCUT2D eigenvalue weighted by molar-refractivity contribution is -0.130. The van der Waals surface area contributed by atoms with Crippen LogP contribution in [-0.2, 0) is 22.6 Å². The van der Waals surface area contributed by atoms with E-state index in [0.29, 0.717) is 19.7 Å². The molecule has 0 aliphatic rings. The van der Waals surface area contributed by atoms with Crippen LogP contribution >= 0.6 is 23.2 Å². The molecule has 1 aromatic heterocycles. The first-order valence-corrected chi connectivity index (χ1v) is 9.14. The van der Waals surface area contributed by atoms with Gasteiger partial charge >= 0.3 is 0 Å². The second-order valence-electron chi connectivity index (χ2n) is 5.96. The summed E-state index contributed by atoms with van der Waals surface area (Å²) < 4.78 is 7.22. The number of benzene rings is 1. The quantitative estimate of drug-likeness (QED) is 0.484. The van der Waals surface area contributed by atoms with E-state index in [1.165, 1.54) is 11.1 Å². The molecule has 0 spiro atoms. The Morgan fingerprint density at radius 1 is 1.24 bits per heavy atom. The second kappa shape index (κ2) is 9.85. The van der Waals surface area contributed by atoms with Gasteiger partial charge in [-0.3, -0.25) is 4.79 Å². The highest BCUT2D eigenvalue weighted by Gasteiger charge is 2.21. The molecule has 0 unspecified atom stereocenters. The Morgan fingerprint density at radius 3 is 2.68 bits per heavy atom. The van der Waals surface area contributed by atoms with Gasteiger partial charge in [-0.1, -0.05) is 47.5 Å². The highest BCUT2D eigenvalue weighted by molar-refractivity contribution is 6.53. The highest BCUT2D eigenvalue weighted by Crippen LogP contribution is 2.16. The smallest absolute Gasteiger partial charge is 0.256 e. The number of carbonyl (C=O) groups is 1. The molecule has 1 heterocycles. The van der Waals surface area contributed by atoms with Gasteiger partial charge in [0.05, 0.1) is 6.54 Å². The van der Waals surface area contributed by atoms with Crippen LogP contribution in [-0.4, -0.2) is 40.5 Å². The van der Waals surface area contributed by atoms with Gasteiger partial charge in [0.1, 0.15) is 0 Å². The fourth-order valence-corrected chi connectivity index (χ4v) is 2.99. The molecule has 0 radical (unpaired) electrons. The Bertz CT molecular complexity index is 686. The molecule has 2 aromatic rings. The molecule has 4 nitrogen and oxygen atoms in total. The first-order valence-electron chi connectivity index (χ1n) is 8.27. The van der Waals surface area contributed by atoms with E-state index in [2.05, 4.69) is 23.6 Å².